The molecule has 1 aromatic carbocycles. The number of anilines is 1. The Labute approximate surface area is 206 Å². The number of likely N-dealkylation sites (N-methyl/N-ethyl adjacent to an activating group) is 1. The molecule has 4 aromatic rings. The van der Waals surface area contributed by atoms with Gasteiger partial charge in [0.15, 0.2) is 11.5 Å². The van der Waals surface area contributed by atoms with Crippen molar-refractivity contribution in [2.45, 2.75) is 0 Å². The van der Waals surface area contributed by atoms with Crippen molar-refractivity contribution in [3.05, 3.63) is 60.0 Å². The molecule has 0 aliphatic rings. The Balaban J connectivity index is 1.54. The predicted molar refractivity (Wildman–Crippen MR) is 130 cm³/mol. The number of rotatable bonds is 10. The number of amides is 2. The van der Waals surface area contributed by atoms with Crippen LogP contribution in [0.2, 0.25) is 0 Å². The molecule has 0 spiro atoms. The summed E-state index contributed by atoms with van der Waals surface area (Å²) in [6, 6.07) is 10.4. The number of fused-ring (bicyclic) bond motifs is 1. The van der Waals surface area contributed by atoms with Crippen LogP contribution in [0.4, 0.5) is 10.1 Å². The van der Waals surface area contributed by atoms with Crippen LogP contribution < -0.4 is 10.1 Å². The smallest absolute Gasteiger partial charge is 0.274 e. The van der Waals surface area contributed by atoms with Gasteiger partial charge in [-0.3, -0.25) is 14.3 Å². The maximum atomic E-state index is 13.1. The van der Waals surface area contributed by atoms with E-state index < -0.39 is 12.6 Å². The molecule has 0 aliphatic carbocycles. The molecule has 0 bridgehead atoms. The second-order valence-electron chi connectivity index (χ2n) is 7.92. The Morgan fingerprint density at radius 1 is 1.19 bits per heavy atom. The van der Waals surface area contributed by atoms with Gasteiger partial charge in [0.2, 0.25) is 0 Å². The summed E-state index contributed by atoms with van der Waals surface area (Å²) in [5.74, 6) is 0.148. The van der Waals surface area contributed by atoms with Gasteiger partial charge in [0.05, 0.1) is 18.4 Å². The number of methoxy groups -OCH3 is 1. The molecule has 0 saturated heterocycles. The summed E-state index contributed by atoms with van der Waals surface area (Å²) >= 11 is 0. The quantitative estimate of drug-likeness (QED) is 0.359. The number of hydrogen-bond acceptors (Lipinski definition) is 7. The zero-order valence-corrected chi connectivity index (χ0v) is 20.1. The number of aryl methyl sites for hydroxylation is 1. The molecule has 11 nitrogen and oxygen atoms in total. The number of halogens is 1. The van der Waals surface area contributed by atoms with Crippen LogP contribution in [0.1, 0.15) is 20.8 Å². The van der Waals surface area contributed by atoms with Gasteiger partial charge < -0.3 is 19.7 Å². The average Bonchev–Trinajstić information content (AvgIpc) is 3.49. The fourth-order valence-corrected chi connectivity index (χ4v) is 3.55. The fourth-order valence-electron chi connectivity index (χ4n) is 3.55. The molecule has 0 fully saturated rings. The lowest BCUT2D eigenvalue weighted by Gasteiger charge is -2.16. The summed E-state index contributed by atoms with van der Waals surface area (Å²) in [4.78, 5) is 31.9. The molecule has 1 N–H and O–H groups in total. The number of hydrogen-bond donors (Lipinski definition) is 1. The number of aromatic nitrogens is 5. The maximum absolute atomic E-state index is 13.1. The van der Waals surface area contributed by atoms with Gasteiger partial charge in [-0.25, -0.2) is 13.9 Å². The summed E-state index contributed by atoms with van der Waals surface area (Å²) in [7, 11) is 4.78. The normalized spacial score (nSPS) is 11.0. The molecule has 2 amide bonds. The summed E-state index contributed by atoms with van der Waals surface area (Å²) < 4.78 is 25.7. The highest BCUT2D eigenvalue weighted by Crippen LogP contribution is 2.23. The van der Waals surface area contributed by atoms with Gasteiger partial charge in [-0.05, 0) is 18.2 Å². The molecule has 0 unspecified atom stereocenters. The van der Waals surface area contributed by atoms with E-state index in [1.165, 1.54) is 15.8 Å². The van der Waals surface area contributed by atoms with Gasteiger partial charge in [0, 0.05) is 51.3 Å². The highest BCUT2D eigenvalue weighted by atomic mass is 19.1. The molecule has 3 heterocycles. The van der Waals surface area contributed by atoms with Crippen molar-refractivity contribution in [1.82, 2.24) is 29.3 Å². The van der Waals surface area contributed by atoms with Crippen molar-refractivity contribution in [3.8, 4) is 17.1 Å². The molecule has 188 valence electrons. The van der Waals surface area contributed by atoms with Crippen molar-refractivity contribution in [2.24, 2.45) is 7.05 Å². The minimum Gasteiger partial charge on any atom is -0.491 e. The van der Waals surface area contributed by atoms with Crippen LogP contribution in [0.3, 0.4) is 0 Å². The maximum Gasteiger partial charge on any atom is 0.274 e. The molecular weight excluding hydrogens is 469 g/mol. The van der Waals surface area contributed by atoms with Gasteiger partial charge in [0.25, 0.3) is 11.8 Å². The number of alkyl halides is 1. The number of carbonyl (C=O) groups is 2. The number of nitrogens with one attached hydrogen (secondary N) is 1. The van der Waals surface area contributed by atoms with Gasteiger partial charge in [-0.1, -0.05) is 12.1 Å². The topological polar surface area (TPSA) is 116 Å². The van der Waals surface area contributed by atoms with Crippen LogP contribution in [0.15, 0.2) is 48.8 Å². The Hall–Kier alpha value is -4.32. The lowest BCUT2D eigenvalue weighted by atomic mass is 10.2. The van der Waals surface area contributed by atoms with E-state index in [0.717, 1.165) is 0 Å². The third-order valence-electron chi connectivity index (χ3n) is 5.40. The lowest BCUT2D eigenvalue weighted by Crippen LogP contribution is -2.31. The van der Waals surface area contributed by atoms with Gasteiger partial charge >= 0.3 is 0 Å². The zero-order chi connectivity index (χ0) is 25.7. The van der Waals surface area contributed by atoms with E-state index in [0.29, 0.717) is 41.6 Å². The van der Waals surface area contributed by atoms with E-state index in [2.05, 4.69) is 20.5 Å². The van der Waals surface area contributed by atoms with Crippen molar-refractivity contribution in [1.29, 1.82) is 0 Å². The summed E-state index contributed by atoms with van der Waals surface area (Å²) in [6.07, 6.45) is 3.04. The molecule has 0 saturated carbocycles. The van der Waals surface area contributed by atoms with Crippen molar-refractivity contribution >= 4 is 23.1 Å². The highest BCUT2D eigenvalue weighted by molar-refractivity contribution is 6.11. The van der Waals surface area contributed by atoms with Crippen molar-refractivity contribution < 1.29 is 23.5 Å². The van der Waals surface area contributed by atoms with Gasteiger partial charge in [-0.15, -0.1) is 5.10 Å². The standard InChI is InChI=1S/C24H26FN7O4/c1-30(10-12-35-3)24(34)19-15-26-31(2)21(19)23(33)27-17-7-9-32-20(14-17)28-22(29-32)16-5-4-6-18(13-16)36-11-8-25/h4-7,9,13-15H,8,10-12H2,1-3H3,(H,27,33). The first-order valence-corrected chi connectivity index (χ1v) is 11.1. The van der Waals surface area contributed by atoms with Crippen LogP contribution in [0.25, 0.3) is 17.0 Å². The van der Waals surface area contributed by atoms with Crippen molar-refractivity contribution in [2.75, 3.05) is 45.9 Å². The number of carbonyl (C=O) groups excluding carboxylic acids is 2. The summed E-state index contributed by atoms with van der Waals surface area (Å²) in [5.41, 5.74) is 2.00. The first-order chi connectivity index (χ1) is 17.4. The predicted octanol–water partition coefficient (Wildman–Crippen LogP) is 2.45. The molecule has 0 radical (unpaired) electrons. The molecular formula is C24H26FN7O4. The van der Waals surface area contributed by atoms with Crippen LogP contribution in [0, 0.1) is 0 Å². The number of nitrogens with zero attached hydrogens (tertiary/aromatic N) is 6. The van der Waals surface area contributed by atoms with E-state index in [4.69, 9.17) is 9.47 Å². The van der Waals surface area contributed by atoms with Crippen LogP contribution in [-0.4, -0.2) is 81.7 Å². The molecule has 4 rings (SSSR count). The second-order valence-corrected chi connectivity index (χ2v) is 7.92. The summed E-state index contributed by atoms with van der Waals surface area (Å²) in [6.45, 7) is 0.143. The van der Waals surface area contributed by atoms with E-state index in [1.54, 1.807) is 62.2 Å². The molecule has 3 aromatic heterocycles. The van der Waals surface area contributed by atoms with E-state index in [9.17, 15) is 14.0 Å². The fraction of sp³-hybridized carbons (Fsp3) is 0.292. The second kappa shape index (κ2) is 11.0. The largest absolute Gasteiger partial charge is 0.491 e. The Morgan fingerprint density at radius 3 is 2.81 bits per heavy atom. The lowest BCUT2D eigenvalue weighted by molar-refractivity contribution is 0.0740. The molecule has 12 heteroatoms. The first-order valence-electron chi connectivity index (χ1n) is 11.1. The Kier molecular flexibility index (Phi) is 7.54. The van der Waals surface area contributed by atoms with Crippen molar-refractivity contribution in [3.63, 3.8) is 0 Å². The molecule has 0 aliphatic heterocycles. The number of benzene rings is 1. The van der Waals surface area contributed by atoms with Crippen LogP contribution in [0.5, 0.6) is 5.75 Å². The zero-order valence-electron chi connectivity index (χ0n) is 20.1. The highest BCUT2D eigenvalue weighted by Gasteiger charge is 2.24. The monoisotopic (exact) mass is 495 g/mol. The Morgan fingerprint density at radius 2 is 2.03 bits per heavy atom. The Bertz CT molecular complexity index is 1380. The first kappa shape index (κ1) is 24.8. The van der Waals surface area contributed by atoms with Crippen LogP contribution >= 0.6 is 0 Å². The summed E-state index contributed by atoms with van der Waals surface area (Å²) in [5, 5.41) is 11.4. The number of ether oxygens (including phenoxy) is 2. The number of pyridine rings is 1. The third-order valence-corrected chi connectivity index (χ3v) is 5.40. The minimum atomic E-state index is -0.579. The molecule has 36 heavy (non-hydrogen) atoms. The SMILES string of the molecule is COCCN(C)C(=O)c1cnn(C)c1C(=O)Nc1ccn2nc(-c3cccc(OCCF)c3)nc2c1. The van der Waals surface area contributed by atoms with E-state index >= 15 is 0 Å². The van der Waals surface area contributed by atoms with Gasteiger partial charge in [-0.2, -0.15) is 5.10 Å². The molecule has 0 atom stereocenters. The van der Waals surface area contributed by atoms with E-state index in [1.807, 2.05) is 6.07 Å². The minimum absolute atomic E-state index is 0.0292. The van der Waals surface area contributed by atoms with Crippen LogP contribution in [-0.2, 0) is 11.8 Å². The average molecular weight is 496 g/mol. The van der Waals surface area contributed by atoms with Gasteiger partial charge in [0.1, 0.15) is 24.7 Å². The van der Waals surface area contributed by atoms with E-state index in [-0.39, 0.29) is 23.8 Å². The third kappa shape index (κ3) is 5.33.